The molecule has 25 heavy (non-hydrogen) atoms. The largest absolute Gasteiger partial charge is 0.340 e. The Labute approximate surface area is 148 Å². The molecule has 0 bridgehead atoms. The molecule has 0 radical (unpaired) electrons. The molecule has 0 saturated carbocycles. The van der Waals surface area contributed by atoms with Gasteiger partial charge in [0.2, 0.25) is 0 Å². The quantitative estimate of drug-likeness (QED) is 0.483. The molecule has 1 heterocycles. The zero-order valence-corrected chi connectivity index (χ0v) is 14.2. The van der Waals surface area contributed by atoms with Crippen LogP contribution in [0.25, 0.3) is 22.0 Å². The average Bonchev–Trinajstić information content (AvgIpc) is 2.69. The number of benzene rings is 3. The Morgan fingerprint density at radius 3 is 2.28 bits per heavy atom. The van der Waals surface area contributed by atoms with Gasteiger partial charge < -0.3 is 5.32 Å². The van der Waals surface area contributed by atoms with Crippen LogP contribution >= 0.6 is 0 Å². The van der Waals surface area contributed by atoms with E-state index in [1.807, 2.05) is 12.1 Å². The van der Waals surface area contributed by atoms with Crippen molar-refractivity contribution in [3.05, 3.63) is 90.5 Å². The highest BCUT2D eigenvalue weighted by molar-refractivity contribution is 5.90. The molecule has 0 aliphatic rings. The third-order valence-electron chi connectivity index (χ3n) is 4.43. The Kier molecular flexibility index (Phi) is 4.17. The van der Waals surface area contributed by atoms with Crippen molar-refractivity contribution in [2.45, 2.75) is 13.3 Å². The van der Waals surface area contributed by atoms with Crippen molar-refractivity contribution in [1.82, 2.24) is 4.98 Å². The lowest BCUT2D eigenvalue weighted by molar-refractivity contribution is 1.14. The van der Waals surface area contributed by atoms with Gasteiger partial charge in [0.25, 0.3) is 0 Å². The molecule has 1 aromatic heterocycles. The van der Waals surface area contributed by atoms with Crippen LogP contribution in [0.1, 0.15) is 12.5 Å². The summed E-state index contributed by atoms with van der Waals surface area (Å²) in [6, 6.07) is 29.4. The number of rotatable bonds is 4. The van der Waals surface area contributed by atoms with Crippen molar-refractivity contribution in [3.8, 4) is 11.1 Å². The maximum Gasteiger partial charge on any atom is 0.138 e. The van der Waals surface area contributed by atoms with Crippen LogP contribution in [0.2, 0.25) is 0 Å². The summed E-state index contributed by atoms with van der Waals surface area (Å²) in [6.07, 6.45) is 1.05. The first-order valence-corrected chi connectivity index (χ1v) is 8.64. The standard InChI is InChI=1S/C23H20N2/c1-2-17-12-14-20(15-13-17)24-23-21(18-8-4-3-5-9-18)16-19-10-6-7-11-22(19)25-23/h3-16H,2H2,1H3,(H,24,25). The van der Waals surface area contributed by atoms with E-state index in [0.29, 0.717) is 0 Å². The molecule has 1 N–H and O–H groups in total. The van der Waals surface area contributed by atoms with Gasteiger partial charge in [0, 0.05) is 16.6 Å². The zero-order chi connectivity index (χ0) is 17.1. The minimum atomic E-state index is 0.883. The third-order valence-corrected chi connectivity index (χ3v) is 4.43. The van der Waals surface area contributed by atoms with Crippen molar-refractivity contribution in [2.24, 2.45) is 0 Å². The normalized spacial score (nSPS) is 10.8. The van der Waals surface area contributed by atoms with Gasteiger partial charge in [-0.2, -0.15) is 0 Å². The van der Waals surface area contributed by atoms with Gasteiger partial charge in [0.1, 0.15) is 5.82 Å². The van der Waals surface area contributed by atoms with Gasteiger partial charge in [0.05, 0.1) is 5.52 Å². The Morgan fingerprint density at radius 1 is 0.800 bits per heavy atom. The van der Waals surface area contributed by atoms with Crippen LogP contribution in [0.15, 0.2) is 84.9 Å². The number of aryl methyl sites for hydroxylation is 1. The Bertz CT molecular complexity index is 989. The maximum atomic E-state index is 4.88. The van der Waals surface area contributed by atoms with Gasteiger partial charge in [-0.05, 0) is 41.8 Å². The van der Waals surface area contributed by atoms with Crippen molar-refractivity contribution in [2.75, 3.05) is 5.32 Å². The van der Waals surface area contributed by atoms with Crippen molar-refractivity contribution < 1.29 is 0 Å². The summed E-state index contributed by atoms with van der Waals surface area (Å²) in [5.74, 6) is 0.883. The molecule has 0 aliphatic heterocycles. The van der Waals surface area contributed by atoms with E-state index in [1.165, 1.54) is 5.56 Å². The fourth-order valence-electron chi connectivity index (χ4n) is 3.01. The van der Waals surface area contributed by atoms with E-state index in [9.17, 15) is 0 Å². The van der Waals surface area contributed by atoms with Crippen molar-refractivity contribution in [1.29, 1.82) is 0 Å². The lowest BCUT2D eigenvalue weighted by Crippen LogP contribution is -1.97. The van der Waals surface area contributed by atoms with Crippen LogP contribution in [0, 0.1) is 0 Å². The Morgan fingerprint density at radius 2 is 1.52 bits per heavy atom. The number of fused-ring (bicyclic) bond motifs is 1. The highest BCUT2D eigenvalue weighted by atomic mass is 15.0. The van der Waals surface area contributed by atoms with E-state index in [2.05, 4.69) is 85.0 Å². The molecule has 3 aromatic carbocycles. The predicted octanol–water partition coefficient (Wildman–Crippen LogP) is 6.21. The highest BCUT2D eigenvalue weighted by Crippen LogP contribution is 2.32. The van der Waals surface area contributed by atoms with E-state index < -0.39 is 0 Å². The summed E-state index contributed by atoms with van der Waals surface area (Å²) >= 11 is 0. The topological polar surface area (TPSA) is 24.9 Å². The molecule has 4 aromatic rings. The van der Waals surface area contributed by atoms with E-state index >= 15 is 0 Å². The minimum absolute atomic E-state index is 0.883. The monoisotopic (exact) mass is 324 g/mol. The van der Waals surface area contributed by atoms with Crippen molar-refractivity contribution >= 4 is 22.4 Å². The molecule has 0 fully saturated rings. The first-order valence-electron chi connectivity index (χ1n) is 8.64. The number of hydrogen-bond acceptors (Lipinski definition) is 2. The minimum Gasteiger partial charge on any atom is -0.340 e. The average molecular weight is 324 g/mol. The maximum absolute atomic E-state index is 4.88. The van der Waals surface area contributed by atoms with Gasteiger partial charge in [-0.15, -0.1) is 0 Å². The second-order valence-corrected chi connectivity index (χ2v) is 6.12. The van der Waals surface area contributed by atoms with Crippen LogP contribution in [0.3, 0.4) is 0 Å². The summed E-state index contributed by atoms with van der Waals surface area (Å²) in [5.41, 5.74) is 5.65. The van der Waals surface area contributed by atoms with Gasteiger partial charge in [-0.25, -0.2) is 4.98 Å². The van der Waals surface area contributed by atoms with E-state index in [0.717, 1.165) is 40.0 Å². The van der Waals surface area contributed by atoms with Gasteiger partial charge in [-0.1, -0.05) is 67.6 Å². The molecule has 2 heteroatoms. The lowest BCUT2D eigenvalue weighted by atomic mass is 10.0. The Balaban J connectivity index is 1.82. The highest BCUT2D eigenvalue weighted by Gasteiger charge is 2.09. The van der Waals surface area contributed by atoms with Crippen molar-refractivity contribution in [3.63, 3.8) is 0 Å². The molecule has 2 nitrogen and oxygen atoms in total. The van der Waals surface area contributed by atoms with Crippen LogP contribution in [0.5, 0.6) is 0 Å². The van der Waals surface area contributed by atoms with Crippen LogP contribution in [-0.4, -0.2) is 4.98 Å². The molecule has 0 spiro atoms. The lowest BCUT2D eigenvalue weighted by Gasteiger charge is -2.13. The van der Waals surface area contributed by atoms with Crippen LogP contribution in [0.4, 0.5) is 11.5 Å². The van der Waals surface area contributed by atoms with Gasteiger partial charge in [-0.3, -0.25) is 0 Å². The molecule has 0 atom stereocenters. The van der Waals surface area contributed by atoms with Crippen LogP contribution < -0.4 is 5.32 Å². The third kappa shape index (κ3) is 3.24. The molecule has 0 amide bonds. The first kappa shape index (κ1) is 15.4. The fourth-order valence-corrected chi connectivity index (χ4v) is 3.01. The smallest absolute Gasteiger partial charge is 0.138 e. The molecule has 122 valence electrons. The molecule has 0 aliphatic carbocycles. The second-order valence-electron chi connectivity index (χ2n) is 6.12. The molecule has 4 rings (SSSR count). The number of para-hydroxylation sites is 1. The van der Waals surface area contributed by atoms with E-state index in [-0.39, 0.29) is 0 Å². The van der Waals surface area contributed by atoms with E-state index in [1.54, 1.807) is 0 Å². The summed E-state index contributed by atoms with van der Waals surface area (Å²) in [4.78, 5) is 4.88. The predicted molar refractivity (Wildman–Crippen MR) is 106 cm³/mol. The molecular formula is C23H20N2. The summed E-state index contributed by atoms with van der Waals surface area (Å²) < 4.78 is 0. The number of anilines is 2. The summed E-state index contributed by atoms with van der Waals surface area (Å²) in [6.45, 7) is 2.17. The number of aromatic nitrogens is 1. The molecule has 0 saturated heterocycles. The Hall–Kier alpha value is -3.13. The molecular weight excluding hydrogens is 304 g/mol. The molecule has 0 unspecified atom stereocenters. The summed E-state index contributed by atoms with van der Waals surface area (Å²) in [5, 5.41) is 4.65. The number of pyridine rings is 1. The zero-order valence-electron chi connectivity index (χ0n) is 14.2. The number of nitrogens with zero attached hydrogens (tertiary/aromatic N) is 1. The first-order chi connectivity index (χ1) is 12.3. The van der Waals surface area contributed by atoms with Crippen LogP contribution in [-0.2, 0) is 6.42 Å². The summed E-state index contributed by atoms with van der Waals surface area (Å²) in [7, 11) is 0. The SMILES string of the molecule is CCc1ccc(Nc2nc3ccccc3cc2-c2ccccc2)cc1. The number of nitrogens with one attached hydrogen (secondary N) is 1. The number of hydrogen-bond donors (Lipinski definition) is 1. The second kappa shape index (κ2) is 6.78. The van der Waals surface area contributed by atoms with Gasteiger partial charge >= 0.3 is 0 Å². The van der Waals surface area contributed by atoms with Gasteiger partial charge in [0.15, 0.2) is 0 Å². The van der Waals surface area contributed by atoms with E-state index in [4.69, 9.17) is 4.98 Å². The fraction of sp³-hybridized carbons (Fsp3) is 0.0870.